The Morgan fingerprint density at radius 3 is 1.51 bits per heavy atom. The molecule has 1 aliphatic carbocycles. The Morgan fingerprint density at radius 1 is 0.333 bits per heavy atom. The van der Waals surface area contributed by atoms with Gasteiger partial charge >= 0.3 is 0 Å². The van der Waals surface area contributed by atoms with Gasteiger partial charge in [-0.15, -0.1) is 0 Å². The quantitative estimate of drug-likeness (QED) is 0.180. The van der Waals surface area contributed by atoms with Gasteiger partial charge in [0, 0.05) is 39.4 Å². The Balaban J connectivity index is 1.23. The highest BCUT2D eigenvalue weighted by Gasteiger charge is 2.31. The van der Waals surface area contributed by atoms with Gasteiger partial charge in [-0.1, -0.05) is 127 Å². The SMILES string of the molecule is c1ccc(C2c3cccc4c5ccccc5c5cccc6c5c5c(c2ccc5n6-c2ccc(N(c5ccccc5)c5ccccc5)cc2)c34)cc1. The molecule has 51 heavy (non-hydrogen) atoms. The van der Waals surface area contributed by atoms with Gasteiger partial charge in [0.15, 0.2) is 0 Å². The summed E-state index contributed by atoms with van der Waals surface area (Å²) in [5, 5.41) is 10.6. The van der Waals surface area contributed by atoms with Crippen molar-refractivity contribution in [3.05, 3.63) is 205 Å². The highest BCUT2D eigenvalue weighted by Crippen LogP contribution is 2.52. The van der Waals surface area contributed by atoms with E-state index in [0.717, 1.165) is 22.7 Å². The van der Waals surface area contributed by atoms with Crippen molar-refractivity contribution in [2.24, 2.45) is 0 Å². The molecule has 0 aliphatic heterocycles. The molecule has 0 bridgehead atoms. The largest absolute Gasteiger partial charge is 0.311 e. The van der Waals surface area contributed by atoms with Crippen LogP contribution in [0.25, 0.3) is 59.8 Å². The van der Waals surface area contributed by atoms with E-state index in [4.69, 9.17) is 0 Å². The normalized spacial score (nSPS) is 13.7. The number of anilines is 3. The first-order valence-corrected chi connectivity index (χ1v) is 17.7. The van der Waals surface area contributed by atoms with Gasteiger partial charge in [-0.2, -0.15) is 0 Å². The van der Waals surface area contributed by atoms with Crippen molar-refractivity contribution in [2.75, 3.05) is 4.90 Å². The molecule has 1 atom stereocenters. The third kappa shape index (κ3) is 4.05. The van der Waals surface area contributed by atoms with E-state index >= 15 is 0 Å². The summed E-state index contributed by atoms with van der Waals surface area (Å²) in [4.78, 5) is 2.32. The summed E-state index contributed by atoms with van der Waals surface area (Å²) >= 11 is 0. The fourth-order valence-electron chi connectivity index (χ4n) is 8.97. The number of para-hydroxylation sites is 2. The molecule has 0 saturated carbocycles. The molecule has 10 aromatic rings. The smallest absolute Gasteiger partial charge is 0.0547 e. The van der Waals surface area contributed by atoms with Crippen LogP contribution in [0, 0.1) is 0 Å². The van der Waals surface area contributed by atoms with Crippen molar-refractivity contribution in [3.8, 4) is 5.69 Å². The van der Waals surface area contributed by atoms with Gasteiger partial charge in [-0.05, 0) is 110 Å². The predicted octanol–water partition coefficient (Wildman–Crippen LogP) is 13.2. The first-order valence-electron chi connectivity index (χ1n) is 17.7. The van der Waals surface area contributed by atoms with Gasteiger partial charge in [-0.25, -0.2) is 0 Å². The molecule has 1 unspecified atom stereocenters. The minimum absolute atomic E-state index is 0.178. The molecule has 0 N–H and O–H groups in total. The Bertz CT molecular complexity index is 2900. The zero-order valence-electron chi connectivity index (χ0n) is 27.9. The van der Waals surface area contributed by atoms with Crippen LogP contribution in [-0.2, 0) is 0 Å². The lowest BCUT2D eigenvalue weighted by atomic mass is 9.88. The minimum Gasteiger partial charge on any atom is -0.311 e. The first kappa shape index (κ1) is 28.2. The van der Waals surface area contributed by atoms with Crippen LogP contribution in [0.2, 0.25) is 0 Å². The van der Waals surface area contributed by atoms with E-state index < -0.39 is 0 Å². The highest BCUT2D eigenvalue weighted by molar-refractivity contribution is 6.35. The topological polar surface area (TPSA) is 8.17 Å². The lowest BCUT2D eigenvalue weighted by Crippen LogP contribution is -2.09. The summed E-state index contributed by atoms with van der Waals surface area (Å²) < 4.78 is 2.49. The Labute approximate surface area is 296 Å². The monoisotopic (exact) mass is 648 g/mol. The molecule has 11 rings (SSSR count). The van der Waals surface area contributed by atoms with E-state index in [-0.39, 0.29) is 5.92 Å². The predicted molar refractivity (Wildman–Crippen MR) is 215 cm³/mol. The van der Waals surface area contributed by atoms with E-state index in [0.29, 0.717) is 0 Å². The van der Waals surface area contributed by atoms with E-state index in [9.17, 15) is 0 Å². The van der Waals surface area contributed by atoms with E-state index in [1.165, 1.54) is 70.8 Å². The second kappa shape index (κ2) is 10.9. The van der Waals surface area contributed by atoms with E-state index in [1.807, 2.05) is 0 Å². The van der Waals surface area contributed by atoms with Gasteiger partial charge in [0.2, 0.25) is 0 Å². The third-order valence-electron chi connectivity index (χ3n) is 11.0. The average Bonchev–Trinajstić information content (AvgIpc) is 3.72. The van der Waals surface area contributed by atoms with Crippen molar-refractivity contribution in [3.63, 3.8) is 0 Å². The number of aromatic nitrogens is 1. The highest BCUT2D eigenvalue weighted by atomic mass is 15.1. The molecule has 0 radical (unpaired) electrons. The average molecular weight is 649 g/mol. The maximum Gasteiger partial charge on any atom is 0.0547 e. The minimum atomic E-state index is 0.178. The number of fused-ring (bicyclic) bond motifs is 3. The lowest BCUT2D eigenvalue weighted by molar-refractivity contribution is 1.02. The molecule has 1 aromatic heterocycles. The Kier molecular flexibility index (Phi) is 6.05. The van der Waals surface area contributed by atoms with E-state index in [2.05, 4.69) is 198 Å². The molecule has 0 fully saturated rings. The van der Waals surface area contributed by atoms with Crippen LogP contribution in [0.4, 0.5) is 17.1 Å². The maximum atomic E-state index is 2.49. The van der Waals surface area contributed by atoms with Crippen LogP contribution in [0.1, 0.15) is 22.6 Å². The molecular formula is C49H32N2. The number of rotatable bonds is 5. The van der Waals surface area contributed by atoms with Crippen LogP contribution >= 0.6 is 0 Å². The second-order valence-electron chi connectivity index (χ2n) is 13.6. The summed E-state index contributed by atoms with van der Waals surface area (Å²) in [5.74, 6) is 0.178. The van der Waals surface area contributed by atoms with Crippen molar-refractivity contribution in [1.29, 1.82) is 0 Å². The van der Waals surface area contributed by atoms with E-state index in [1.54, 1.807) is 0 Å². The number of hydrogen-bond donors (Lipinski definition) is 0. The summed E-state index contributed by atoms with van der Waals surface area (Å²) in [6.07, 6.45) is 0. The van der Waals surface area contributed by atoms with Gasteiger partial charge in [-0.3, -0.25) is 0 Å². The molecule has 0 spiro atoms. The molecule has 1 aliphatic rings. The second-order valence-corrected chi connectivity index (χ2v) is 13.6. The number of hydrogen-bond acceptors (Lipinski definition) is 1. The number of benzene rings is 8. The lowest BCUT2D eigenvalue weighted by Gasteiger charge is -2.25. The summed E-state index contributed by atoms with van der Waals surface area (Å²) in [6.45, 7) is 0. The molecule has 9 aromatic carbocycles. The summed E-state index contributed by atoms with van der Waals surface area (Å²) in [7, 11) is 0. The molecule has 2 heteroatoms. The van der Waals surface area contributed by atoms with Gasteiger partial charge in [0.1, 0.15) is 0 Å². The van der Waals surface area contributed by atoms with Crippen molar-refractivity contribution >= 4 is 71.2 Å². The third-order valence-corrected chi connectivity index (χ3v) is 11.0. The Hall–Kier alpha value is -6.64. The zero-order chi connectivity index (χ0) is 33.5. The van der Waals surface area contributed by atoms with Crippen molar-refractivity contribution in [2.45, 2.75) is 5.92 Å². The number of nitrogens with zero attached hydrogens (tertiary/aromatic N) is 2. The fraction of sp³-hybridized carbons (Fsp3) is 0.0204. The summed E-state index contributed by atoms with van der Waals surface area (Å²) in [5.41, 5.74) is 11.1. The van der Waals surface area contributed by atoms with Crippen molar-refractivity contribution in [1.82, 2.24) is 4.57 Å². The Morgan fingerprint density at radius 2 is 0.843 bits per heavy atom. The molecule has 2 nitrogen and oxygen atoms in total. The van der Waals surface area contributed by atoms with Gasteiger partial charge in [0.25, 0.3) is 0 Å². The van der Waals surface area contributed by atoms with Crippen LogP contribution in [-0.4, -0.2) is 4.57 Å². The standard InChI is InChI=1S/C49H32N2/c1-4-14-32(15-5-1)45-41-24-12-22-39-37-20-10-11-21-38(37)40-23-13-25-43-47(40)49-44(31-30-42(45)48(49)46(39)41)51(43)36-28-26-35(27-29-36)50(33-16-6-2-7-17-33)34-18-8-3-9-19-34/h1-31,45H. The molecule has 238 valence electrons. The molecule has 1 heterocycles. The molecule has 0 amide bonds. The maximum absolute atomic E-state index is 2.49. The van der Waals surface area contributed by atoms with Gasteiger partial charge in [0.05, 0.1) is 11.0 Å². The molecular weight excluding hydrogens is 617 g/mol. The molecule has 0 saturated heterocycles. The van der Waals surface area contributed by atoms with Crippen LogP contribution in [0.15, 0.2) is 188 Å². The zero-order valence-corrected chi connectivity index (χ0v) is 27.9. The van der Waals surface area contributed by atoms with Crippen LogP contribution in [0.3, 0.4) is 0 Å². The fourth-order valence-corrected chi connectivity index (χ4v) is 8.97. The van der Waals surface area contributed by atoms with Crippen molar-refractivity contribution < 1.29 is 0 Å². The summed E-state index contributed by atoms with van der Waals surface area (Å²) in [6, 6.07) is 69.0. The van der Waals surface area contributed by atoms with Crippen LogP contribution < -0.4 is 4.90 Å². The van der Waals surface area contributed by atoms with Gasteiger partial charge < -0.3 is 9.47 Å². The van der Waals surface area contributed by atoms with Crippen LogP contribution in [0.5, 0.6) is 0 Å². The first-order chi connectivity index (χ1) is 25.3.